The lowest BCUT2D eigenvalue weighted by Crippen LogP contribution is -2.48. The van der Waals surface area contributed by atoms with Crippen LogP contribution >= 0.6 is 24.0 Å². The van der Waals surface area contributed by atoms with Gasteiger partial charge in [0.1, 0.15) is 0 Å². The molecule has 0 aromatic heterocycles. The molecule has 24 heavy (non-hydrogen) atoms. The fraction of sp³-hybridized carbons (Fsp3) is 0.632. The van der Waals surface area contributed by atoms with Crippen molar-refractivity contribution in [2.24, 2.45) is 5.92 Å². The summed E-state index contributed by atoms with van der Waals surface area (Å²) in [5.41, 5.74) is 0.889. The highest BCUT2D eigenvalue weighted by molar-refractivity contribution is 6.30. The van der Waals surface area contributed by atoms with Crippen LogP contribution in [0, 0.1) is 5.92 Å². The summed E-state index contributed by atoms with van der Waals surface area (Å²) in [6.07, 6.45) is 6.94. The zero-order valence-electron chi connectivity index (χ0n) is 14.0. The number of piperidine rings is 1. The summed E-state index contributed by atoms with van der Waals surface area (Å²) in [7, 11) is 0. The van der Waals surface area contributed by atoms with Crippen molar-refractivity contribution in [2.75, 3.05) is 19.6 Å². The first kappa shape index (κ1) is 18.0. The Bertz CT molecular complexity index is 574. The van der Waals surface area contributed by atoms with E-state index in [1.807, 2.05) is 24.3 Å². The Hall–Kier alpha value is -0.770. The van der Waals surface area contributed by atoms with Crippen molar-refractivity contribution in [1.82, 2.24) is 10.2 Å². The molecule has 3 nitrogen and oxygen atoms in total. The lowest BCUT2D eigenvalue weighted by molar-refractivity contribution is -0.135. The number of carbonyl (C=O) groups excluding carboxylic acids is 1. The summed E-state index contributed by atoms with van der Waals surface area (Å²) in [5.74, 6) is 1.26. The number of nitrogens with one attached hydrogen (secondary N) is 1. The zero-order chi connectivity index (χ0) is 15.9. The molecule has 1 aromatic rings. The Labute approximate surface area is 155 Å². The van der Waals surface area contributed by atoms with Crippen molar-refractivity contribution in [3.05, 3.63) is 34.9 Å². The molecule has 0 spiro atoms. The van der Waals surface area contributed by atoms with E-state index < -0.39 is 0 Å². The molecule has 0 bridgehead atoms. The van der Waals surface area contributed by atoms with Crippen LogP contribution in [-0.2, 0) is 10.2 Å². The molecule has 3 fully saturated rings. The van der Waals surface area contributed by atoms with Gasteiger partial charge in [-0.2, -0.15) is 0 Å². The molecular formula is C19H26Cl2N2O. The molecule has 2 aliphatic carbocycles. The third-order valence-corrected chi connectivity index (χ3v) is 5.98. The summed E-state index contributed by atoms with van der Waals surface area (Å²) >= 11 is 5.98. The number of hydrogen-bond acceptors (Lipinski definition) is 2. The molecule has 3 aliphatic rings. The quantitative estimate of drug-likeness (QED) is 0.857. The topological polar surface area (TPSA) is 32.3 Å². The van der Waals surface area contributed by atoms with E-state index in [0.29, 0.717) is 11.9 Å². The summed E-state index contributed by atoms with van der Waals surface area (Å²) in [6, 6.07) is 8.45. The second-order valence-corrected chi connectivity index (χ2v) is 7.94. The second-order valence-electron chi connectivity index (χ2n) is 7.51. The van der Waals surface area contributed by atoms with Crippen LogP contribution in [0.4, 0.5) is 0 Å². The van der Waals surface area contributed by atoms with Gasteiger partial charge < -0.3 is 10.2 Å². The molecule has 1 aliphatic heterocycles. The number of benzene rings is 1. The van der Waals surface area contributed by atoms with Gasteiger partial charge in [0.05, 0.1) is 5.41 Å². The molecule has 0 unspecified atom stereocenters. The van der Waals surface area contributed by atoms with Gasteiger partial charge in [-0.15, -0.1) is 12.4 Å². The van der Waals surface area contributed by atoms with Gasteiger partial charge in [-0.1, -0.05) is 23.7 Å². The minimum Gasteiger partial charge on any atom is -0.342 e. The van der Waals surface area contributed by atoms with Gasteiger partial charge in [0.15, 0.2) is 0 Å². The van der Waals surface area contributed by atoms with Gasteiger partial charge in [0, 0.05) is 24.2 Å². The standard InChI is InChI=1S/C19H25ClN2O.ClH/c20-16-5-3-15(4-6-16)19(9-10-19)18(23)22-11-7-17(8-12-22)21-13-14-1-2-14;/h3-6,14,17,21H,1-2,7-13H2;1H. The van der Waals surface area contributed by atoms with E-state index in [1.54, 1.807) is 0 Å². The largest absolute Gasteiger partial charge is 0.342 e. The van der Waals surface area contributed by atoms with Crippen LogP contribution in [0.2, 0.25) is 5.02 Å². The van der Waals surface area contributed by atoms with Crippen molar-refractivity contribution >= 4 is 29.9 Å². The van der Waals surface area contributed by atoms with Crippen molar-refractivity contribution in [2.45, 2.75) is 50.0 Å². The van der Waals surface area contributed by atoms with Crippen LogP contribution in [0.3, 0.4) is 0 Å². The van der Waals surface area contributed by atoms with E-state index in [2.05, 4.69) is 10.2 Å². The molecule has 1 heterocycles. The molecule has 0 atom stereocenters. The average Bonchev–Trinajstić information content (AvgIpc) is 3.48. The number of nitrogens with zero attached hydrogens (tertiary/aromatic N) is 1. The molecule has 4 rings (SSSR count). The maximum Gasteiger partial charge on any atom is 0.233 e. The molecule has 2 saturated carbocycles. The van der Waals surface area contributed by atoms with Crippen molar-refractivity contribution in [1.29, 1.82) is 0 Å². The maximum absolute atomic E-state index is 13.0. The van der Waals surface area contributed by atoms with Crippen LogP contribution < -0.4 is 5.32 Å². The fourth-order valence-electron chi connectivity index (χ4n) is 3.76. The van der Waals surface area contributed by atoms with Gasteiger partial charge in [-0.3, -0.25) is 4.79 Å². The Balaban J connectivity index is 0.00000169. The minimum absolute atomic E-state index is 0. The van der Waals surface area contributed by atoms with Gasteiger partial charge in [0.25, 0.3) is 0 Å². The number of amides is 1. The molecule has 0 radical (unpaired) electrons. The van der Waals surface area contributed by atoms with Crippen LogP contribution in [0.15, 0.2) is 24.3 Å². The Morgan fingerprint density at radius 1 is 1.12 bits per heavy atom. The third-order valence-electron chi connectivity index (χ3n) is 5.73. The summed E-state index contributed by atoms with van der Waals surface area (Å²) in [6.45, 7) is 2.97. The van der Waals surface area contributed by atoms with Crippen molar-refractivity contribution in [3.8, 4) is 0 Å². The van der Waals surface area contributed by atoms with E-state index in [1.165, 1.54) is 19.4 Å². The minimum atomic E-state index is -0.251. The van der Waals surface area contributed by atoms with Gasteiger partial charge in [-0.25, -0.2) is 0 Å². The van der Waals surface area contributed by atoms with Crippen LogP contribution in [0.5, 0.6) is 0 Å². The second kappa shape index (κ2) is 7.23. The molecule has 1 amide bonds. The fourth-order valence-corrected chi connectivity index (χ4v) is 3.89. The molecular weight excluding hydrogens is 343 g/mol. The monoisotopic (exact) mass is 368 g/mol. The van der Waals surface area contributed by atoms with Gasteiger partial charge in [0.2, 0.25) is 5.91 Å². The van der Waals surface area contributed by atoms with E-state index in [9.17, 15) is 4.79 Å². The van der Waals surface area contributed by atoms with Gasteiger partial charge in [-0.05, 0) is 68.7 Å². The molecule has 1 saturated heterocycles. The van der Waals surface area contributed by atoms with Crippen LogP contribution in [-0.4, -0.2) is 36.5 Å². The van der Waals surface area contributed by atoms with Crippen LogP contribution in [0.1, 0.15) is 44.1 Å². The lowest BCUT2D eigenvalue weighted by Gasteiger charge is -2.35. The predicted molar refractivity (Wildman–Crippen MR) is 99.9 cm³/mol. The number of carbonyl (C=O) groups is 1. The molecule has 1 N–H and O–H groups in total. The van der Waals surface area contributed by atoms with Gasteiger partial charge >= 0.3 is 0 Å². The summed E-state index contributed by atoms with van der Waals surface area (Å²) < 4.78 is 0. The molecule has 5 heteroatoms. The lowest BCUT2D eigenvalue weighted by atomic mass is 9.93. The zero-order valence-corrected chi connectivity index (χ0v) is 15.5. The van der Waals surface area contributed by atoms with E-state index in [0.717, 1.165) is 55.3 Å². The summed E-state index contributed by atoms with van der Waals surface area (Å²) in [4.78, 5) is 15.1. The van der Waals surface area contributed by atoms with Crippen LogP contribution in [0.25, 0.3) is 0 Å². The SMILES string of the molecule is Cl.O=C(N1CCC(NCC2CC2)CC1)C1(c2ccc(Cl)cc2)CC1. The van der Waals surface area contributed by atoms with E-state index in [-0.39, 0.29) is 17.8 Å². The van der Waals surface area contributed by atoms with Crippen molar-refractivity contribution in [3.63, 3.8) is 0 Å². The van der Waals surface area contributed by atoms with E-state index in [4.69, 9.17) is 11.6 Å². The normalized spacial score (nSPS) is 22.8. The Morgan fingerprint density at radius 2 is 1.75 bits per heavy atom. The first-order valence-corrected chi connectivity index (χ1v) is 9.34. The van der Waals surface area contributed by atoms with E-state index >= 15 is 0 Å². The third kappa shape index (κ3) is 3.74. The first-order valence-electron chi connectivity index (χ1n) is 8.96. The number of likely N-dealkylation sites (tertiary alicyclic amines) is 1. The number of hydrogen-bond donors (Lipinski definition) is 1. The number of rotatable bonds is 5. The number of halogens is 2. The first-order chi connectivity index (χ1) is 11.2. The summed E-state index contributed by atoms with van der Waals surface area (Å²) in [5, 5.41) is 4.42. The van der Waals surface area contributed by atoms with Crippen molar-refractivity contribution < 1.29 is 4.79 Å². The Kier molecular flexibility index (Phi) is 5.43. The smallest absolute Gasteiger partial charge is 0.233 e. The highest BCUT2D eigenvalue weighted by Crippen LogP contribution is 2.50. The molecule has 132 valence electrons. The maximum atomic E-state index is 13.0. The predicted octanol–water partition coefficient (Wildman–Crippen LogP) is 3.78. The highest BCUT2D eigenvalue weighted by atomic mass is 35.5. The Morgan fingerprint density at radius 3 is 2.29 bits per heavy atom. The highest BCUT2D eigenvalue weighted by Gasteiger charge is 2.53. The average molecular weight is 369 g/mol. The molecule has 1 aromatic carbocycles.